The fourth-order valence-electron chi connectivity index (χ4n) is 4.40. The van der Waals surface area contributed by atoms with Crippen molar-refractivity contribution < 1.29 is 14.3 Å². The first-order valence-electron chi connectivity index (χ1n) is 11.5. The van der Waals surface area contributed by atoms with Crippen molar-refractivity contribution in [3.63, 3.8) is 0 Å². The molecule has 2 amide bonds. The minimum Gasteiger partial charge on any atom is -0.367 e. The van der Waals surface area contributed by atoms with Crippen LogP contribution in [0.3, 0.4) is 0 Å². The molecule has 1 aromatic heterocycles. The number of carbonyl (C=O) groups is 2. The zero-order valence-electron chi connectivity index (χ0n) is 19.5. The second-order valence-corrected chi connectivity index (χ2v) is 9.44. The number of ether oxygens (including phenoxy) is 1. The summed E-state index contributed by atoms with van der Waals surface area (Å²) in [5.41, 5.74) is 4.47. The van der Waals surface area contributed by atoms with Crippen LogP contribution < -0.4 is 0 Å². The molecule has 0 bridgehead atoms. The molecule has 1 aliphatic heterocycles. The van der Waals surface area contributed by atoms with Gasteiger partial charge in [0.1, 0.15) is 13.2 Å². The molecule has 0 fully saturated rings. The molecule has 2 aromatic carbocycles. The summed E-state index contributed by atoms with van der Waals surface area (Å²) in [7, 11) is 0. The molecule has 0 saturated carbocycles. The van der Waals surface area contributed by atoms with Gasteiger partial charge in [0, 0.05) is 18.0 Å². The third-order valence-electron chi connectivity index (χ3n) is 6.13. The van der Waals surface area contributed by atoms with Crippen LogP contribution in [0.2, 0.25) is 0 Å². The van der Waals surface area contributed by atoms with Gasteiger partial charge >= 0.3 is 0 Å². The van der Waals surface area contributed by atoms with E-state index in [0.717, 1.165) is 23.1 Å². The van der Waals surface area contributed by atoms with Gasteiger partial charge in [-0.05, 0) is 47.0 Å². The van der Waals surface area contributed by atoms with E-state index in [2.05, 4.69) is 37.1 Å². The van der Waals surface area contributed by atoms with E-state index < -0.39 is 0 Å². The topological polar surface area (TPSA) is 49.9 Å². The third-order valence-corrected chi connectivity index (χ3v) is 7.13. The molecule has 6 heteroatoms. The van der Waals surface area contributed by atoms with E-state index in [1.165, 1.54) is 15.3 Å². The van der Waals surface area contributed by atoms with Crippen LogP contribution in [0.15, 0.2) is 78.7 Å². The highest BCUT2D eigenvalue weighted by Gasteiger charge is 2.34. The van der Waals surface area contributed by atoms with Crippen LogP contribution in [-0.2, 0) is 27.4 Å². The molecule has 0 saturated heterocycles. The van der Waals surface area contributed by atoms with Crippen molar-refractivity contribution in [3.8, 4) is 0 Å². The summed E-state index contributed by atoms with van der Waals surface area (Å²) in [6.07, 6.45) is 2.48. The van der Waals surface area contributed by atoms with E-state index in [1.54, 1.807) is 17.4 Å². The Kier molecular flexibility index (Phi) is 7.93. The van der Waals surface area contributed by atoms with Crippen molar-refractivity contribution in [2.45, 2.75) is 26.0 Å². The monoisotopic (exact) mass is 474 g/mol. The lowest BCUT2D eigenvalue weighted by Gasteiger charge is -2.38. The highest BCUT2D eigenvalue weighted by Crippen LogP contribution is 2.38. The Hall–Kier alpha value is -3.22. The molecule has 0 aliphatic carbocycles. The Morgan fingerprint density at radius 1 is 1.12 bits per heavy atom. The van der Waals surface area contributed by atoms with Gasteiger partial charge in [-0.1, -0.05) is 60.7 Å². The van der Waals surface area contributed by atoms with E-state index in [-0.39, 0.29) is 31.0 Å². The average molecular weight is 475 g/mol. The Morgan fingerprint density at radius 3 is 2.65 bits per heavy atom. The van der Waals surface area contributed by atoms with Crippen molar-refractivity contribution in [2.75, 3.05) is 26.2 Å². The van der Waals surface area contributed by atoms with Crippen molar-refractivity contribution in [3.05, 3.63) is 106 Å². The zero-order valence-corrected chi connectivity index (χ0v) is 20.3. The van der Waals surface area contributed by atoms with E-state index in [1.807, 2.05) is 47.4 Å². The van der Waals surface area contributed by atoms with E-state index in [9.17, 15) is 9.59 Å². The quantitative estimate of drug-likeness (QED) is 0.420. The molecule has 3 aromatic rings. The number of thiophene rings is 1. The van der Waals surface area contributed by atoms with Gasteiger partial charge in [-0.2, -0.15) is 0 Å². The van der Waals surface area contributed by atoms with Crippen molar-refractivity contribution in [1.29, 1.82) is 0 Å². The van der Waals surface area contributed by atoms with Crippen molar-refractivity contribution in [2.24, 2.45) is 0 Å². The van der Waals surface area contributed by atoms with Crippen LogP contribution in [0.1, 0.15) is 33.2 Å². The Labute approximate surface area is 205 Å². The number of rotatable bonds is 9. The molecule has 0 N–H and O–H groups in total. The number of benzene rings is 2. The molecule has 4 rings (SSSR count). The van der Waals surface area contributed by atoms with Gasteiger partial charge in [0.15, 0.2) is 0 Å². The molecule has 1 atom stereocenters. The number of amides is 2. The summed E-state index contributed by atoms with van der Waals surface area (Å²) in [5.74, 6) is -0.284. The average Bonchev–Trinajstić information content (AvgIpc) is 3.33. The van der Waals surface area contributed by atoms with Crippen LogP contribution in [0, 0.1) is 6.92 Å². The molecule has 0 spiro atoms. The lowest BCUT2D eigenvalue weighted by molar-refractivity contribution is -0.144. The van der Waals surface area contributed by atoms with E-state index in [4.69, 9.17) is 4.74 Å². The lowest BCUT2D eigenvalue weighted by atomic mass is 9.90. The summed E-state index contributed by atoms with van der Waals surface area (Å²) in [6, 6.07) is 19.9. The molecule has 1 unspecified atom stereocenters. The Bertz CT molecular complexity index is 1140. The predicted octanol–water partition coefficient (Wildman–Crippen LogP) is 4.76. The molecule has 0 radical (unpaired) electrons. The largest absolute Gasteiger partial charge is 0.367 e. The van der Waals surface area contributed by atoms with Gasteiger partial charge in [-0.3, -0.25) is 9.59 Å². The smallest absolute Gasteiger partial charge is 0.249 e. The maximum Gasteiger partial charge on any atom is 0.249 e. The fraction of sp³-hybridized carbons (Fsp3) is 0.286. The van der Waals surface area contributed by atoms with Crippen LogP contribution >= 0.6 is 11.3 Å². The van der Waals surface area contributed by atoms with Gasteiger partial charge in [0.05, 0.1) is 12.6 Å². The van der Waals surface area contributed by atoms with Gasteiger partial charge in [0.2, 0.25) is 11.8 Å². The normalized spacial score (nSPS) is 15.0. The number of fused-ring (bicyclic) bond motifs is 1. The molecular weight excluding hydrogens is 444 g/mol. The van der Waals surface area contributed by atoms with Crippen LogP contribution in [0.4, 0.5) is 0 Å². The SMILES string of the molecule is C=CCN(CC(=O)N1CCc2sccc2C1c1ccccc1C)C(=O)COCc1ccccc1. The fourth-order valence-corrected chi connectivity index (χ4v) is 5.30. The summed E-state index contributed by atoms with van der Waals surface area (Å²) >= 11 is 1.75. The van der Waals surface area contributed by atoms with Crippen LogP contribution in [0.25, 0.3) is 0 Å². The first kappa shape index (κ1) is 23.9. The lowest BCUT2D eigenvalue weighted by Crippen LogP contribution is -2.47. The standard InChI is InChI=1S/C28H30N2O3S/c1-3-15-29(27(32)20-33-19-22-10-5-4-6-11-22)18-26(31)30-16-13-25-24(14-17-34-25)28(30)23-12-8-7-9-21(23)2/h3-12,14,17,28H,1,13,15-16,18-20H2,2H3. The number of hydrogen-bond acceptors (Lipinski definition) is 4. The Morgan fingerprint density at radius 2 is 1.88 bits per heavy atom. The van der Waals surface area contributed by atoms with E-state index in [0.29, 0.717) is 19.7 Å². The Balaban J connectivity index is 1.47. The van der Waals surface area contributed by atoms with Gasteiger partial charge < -0.3 is 14.5 Å². The summed E-state index contributed by atoms with van der Waals surface area (Å²) in [4.78, 5) is 31.2. The summed E-state index contributed by atoms with van der Waals surface area (Å²) in [6.45, 7) is 7.05. The second kappa shape index (κ2) is 11.3. The third kappa shape index (κ3) is 5.46. The van der Waals surface area contributed by atoms with Gasteiger partial charge in [0.25, 0.3) is 0 Å². The van der Waals surface area contributed by atoms with Crippen molar-refractivity contribution >= 4 is 23.2 Å². The van der Waals surface area contributed by atoms with Gasteiger partial charge in [-0.25, -0.2) is 0 Å². The summed E-state index contributed by atoms with van der Waals surface area (Å²) in [5, 5.41) is 2.10. The van der Waals surface area contributed by atoms with E-state index >= 15 is 0 Å². The molecule has 1 aliphatic rings. The van der Waals surface area contributed by atoms with Crippen LogP contribution in [0.5, 0.6) is 0 Å². The zero-order chi connectivity index (χ0) is 23.9. The first-order valence-corrected chi connectivity index (χ1v) is 12.4. The maximum atomic E-state index is 13.6. The molecule has 34 heavy (non-hydrogen) atoms. The minimum absolute atomic E-state index is 0.00139. The number of carbonyl (C=O) groups excluding carboxylic acids is 2. The van der Waals surface area contributed by atoms with Crippen LogP contribution in [-0.4, -0.2) is 47.9 Å². The number of hydrogen-bond donors (Lipinski definition) is 0. The minimum atomic E-state index is -0.218. The summed E-state index contributed by atoms with van der Waals surface area (Å²) < 4.78 is 5.63. The molecular formula is C28H30N2O3S. The second-order valence-electron chi connectivity index (χ2n) is 8.44. The number of nitrogens with zero attached hydrogens (tertiary/aromatic N) is 2. The first-order chi connectivity index (χ1) is 16.6. The van der Waals surface area contributed by atoms with Crippen molar-refractivity contribution in [1.82, 2.24) is 9.80 Å². The number of aryl methyl sites for hydroxylation is 1. The molecule has 2 heterocycles. The molecule has 5 nitrogen and oxygen atoms in total. The van der Waals surface area contributed by atoms with Gasteiger partial charge in [-0.15, -0.1) is 17.9 Å². The highest BCUT2D eigenvalue weighted by molar-refractivity contribution is 7.10. The highest BCUT2D eigenvalue weighted by atomic mass is 32.1. The molecule has 176 valence electrons. The predicted molar refractivity (Wildman–Crippen MR) is 136 cm³/mol. The maximum absolute atomic E-state index is 13.6.